The summed E-state index contributed by atoms with van der Waals surface area (Å²) in [5, 5.41) is 3.03. The number of amides is 3. The molecule has 0 spiro atoms. The molecule has 0 aromatic heterocycles. The van der Waals surface area contributed by atoms with Crippen LogP contribution in [0.3, 0.4) is 0 Å². The summed E-state index contributed by atoms with van der Waals surface area (Å²) in [5.41, 5.74) is 1.67. The Balaban J connectivity index is 1.18. The van der Waals surface area contributed by atoms with Crippen molar-refractivity contribution in [2.24, 2.45) is 0 Å². The molecule has 35 heavy (non-hydrogen) atoms. The van der Waals surface area contributed by atoms with Gasteiger partial charge in [0.05, 0.1) is 0 Å². The molecule has 0 bridgehead atoms. The van der Waals surface area contributed by atoms with Crippen molar-refractivity contribution < 1.29 is 9.59 Å². The van der Waals surface area contributed by atoms with Gasteiger partial charge in [-0.05, 0) is 42.6 Å². The van der Waals surface area contributed by atoms with Crippen LogP contribution in [0.2, 0.25) is 0 Å². The van der Waals surface area contributed by atoms with Crippen LogP contribution in [0.15, 0.2) is 91.0 Å². The van der Waals surface area contributed by atoms with Crippen LogP contribution in [0.1, 0.15) is 24.0 Å². The smallest absolute Gasteiger partial charge is 0.325 e. The zero-order valence-electron chi connectivity index (χ0n) is 20.0. The topological polar surface area (TPSA) is 55.9 Å². The number of nitrogens with zero attached hydrogens (tertiary/aromatic N) is 3. The van der Waals surface area contributed by atoms with Crippen LogP contribution in [-0.2, 0) is 10.3 Å². The molecule has 1 N–H and O–H groups in total. The van der Waals surface area contributed by atoms with E-state index in [2.05, 4.69) is 45.4 Å². The van der Waals surface area contributed by atoms with Crippen molar-refractivity contribution in [3.05, 3.63) is 102 Å². The van der Waals surface area contributed by atoms with E-state index >= 15 is 0 Å². The normalized spacial score (nSPS) is 18.1. The summed E-state index contributed by atoms with van der Waals surface area (Å²) < 4.78 is 0. The van der Waals surface area contributed by atoms with Gasteiger partial charge in [0.1, 0.15) is 0 Å². The first-order valence-corrected chi connectivity index (χ1v) is 12.5. The van der Waals surface area contributed by atoms with Gasteiger partial charge in [0.2, 0.25) is 0 Å². The Morgan fingerprint density at radius 2 is 1.17 bits per heavy atom. The number of rotatable bonds is 8. The van der Waals surface area contributed by atoms with Gasteiger partial charge in [-0.25, -0.2) is 4.79 Å². The van der Waals surface area contributed by atoms with Crippen LogP contribution in [0.25, 0.3) is 0 Å². The average Bonchev–Trinajstić information content (AvgIpc) is 3.18. The van der Waals surface area contributed by atoms with Gasteiger partial charge < -0.3 is 10.2 Å². The molecule has 0 atom stereocenters. The number of urea groups is 1. The first-order chi connectivity index (χ1) is 17.2. The standard InChI is InChI=1S/C29H32N4O2/c34-27-29(24-12-4-1-5-13-24,25-14-6-2-7-15-25)30-28(35)33(27)19-11-10-18-31-20-22-32(23-21-31)26-16-8-3-9-17-26/h1-9,12-17H,10-11,18-23H2,(H,30,35). The van der Waals surface area contributed by atoms with Gasteiger partial charge in [-0.3, -0.25) is 14.6 Å². The molecular formula is C29H32N4O2. The van der Waals surface area contributed by atoms with Crippen LogP contribution in [0.5, 0.6) is 0 Å². The monoisotopic (exact) mass is 468 g/mol. The third-order valence-corrected chi connectivity index (χ3v) is 7.12. The van der Waals surface area contributed by atoms with Gasteiger partial charge in [-0.2, -0.15) is 0 Å². The Labute approximate surface area is 207 Å². The Hall–Kier alpha value is -3.64. The molecule has 2 heterocycles. The second-order valence-electron chi connectivity index (χ2n) is 9.24. The number of benzene rings is 3. The molecule has 6 heteroatoms. The Bertz CT molecular complexity index is 1090. The van der Waals surface area contributed by atoms with Crippen LogP contribution in [0, 0.1) is 0 Å². The number of hydrogen-bond acceptors (Lipinski definition) is 4. The van der Waals surface area contributed by atoms with E-state index in [0.717, 1.165) is 56.7 Å². The Morgan fingerprint density at radius 1 is 0.657 bits per heavy atom. The van der Waals surface area contributed by atoms with Crippen LogP contribution in [0.4, 0.5) is 10.5 Å². The van der Waals surface area contributed by atoms with E-state index in [1.807, 2.05) is 60.7 Å². The summed E-state index contributed by atoms with van der Waals surface area (Å²) in [6.45, 7) is 5.51. The van der Waals surface area contributed by atoms with Crippen molar-refractivity contribution in [3.8, 4) is 0 Å². The first kappa shape index (κ1) is 23.1. The highest BCUT2D eigenvalue weighted by Crippen LogP contribution is 2.36. The number of hydrogen-bond donors (Lipinski definition) is 1. The zero-order valence-corrected chi connectivity index (χ0v) is 20.0. The predicted molar refractivity (Wildman–Crippen MR) is 138 cm³/mol. The van der Waals surface area contributed by atoms with Crippen molar-refractivity contribution in [3.63, 3.8) is 0 Å². The molecule has 0 aliphatic carbocycles. The van der Waals surface area contributed by atoms with E-state index in [1.54, 1.807) is 0 Å². The van der Waals surface area contributed by atoms with Crippen LogP contribution < -0.4 is 10.2 Å². The second kappa shape index (κ2) is 10.3. The lowest BCUT2D eigenvalue weighted by Crippen LogP contribution is -2.46. The van der Waals surface area contributed by atoms with E-state index in [0.29, 0.717) is 6.54 Å². The van der Waals surface area contributed by atoms with Gasteiger partial charge in [-0.15, -0.1) is 0 Å². The van der Waals surface area contributed by atoms with Crippen molar-refractivity contribution in [1.29, 1.82) is 0 Å². The number of para-hydroxylation sites is 1. The summed E-state index contributed by atoms with van der Waals surface area (Å²) in [4.78, 5) is 33.0. The molecule has 0 radical (unpaired) electrons. The molecule has 0 saturated carbocycles. The number of piperazine rings is 1. The molecule has 2 aliphatic rings. The van der Waals surface area contributed by atoms with E-state index in [9.17, 15) is 9.59 Å². The Kier molecular flexibility index (Phi) is 6.82. The highest BCUT2D eigenvalue weighted by Gasteiger charge is 2.53. The fourth-order valence-electron chi connectivity index (χ4n) is 5.19. The summed E-state index contributed by atoms with van der Waals surface area (Å²) in [6, 6.07) is 29.3. The van der Waals surface area contributed by atoms with Crippen molar-refractivity contribution in [2.75, 3.05) is 44.2 Å². The minimum Gasteiger partial charge on any atom is -0.369 e. The largest absolute Gasteiger partial charge is 0.369 e. The zero-order chi connectivity index (χ0) is 24.1. The minimum absolute atomic E-state index is 0.198. The molecule has 5 rings (SSSR count). The number of unbranched alkanes of at least 4 members (excludes halogenated alkanes) is 1. The molecule has 6 nitrogen and oxygen atoms in total. The molecule has 3 aromatic rings. The number of carbonyl (C=O) groups excluding carboxylic acids is 2. The summed E-state index contributed by atoms with van der Waals surface area (Å²) >= 11 is 0. The van der Waals surface area contributed by atoms with Crippen LogP contribution >= 0.6 is 0 Å². The highest BCUT2D eigenvalue weighted by atomic mass is 16.2. The van der Waals surface area contributed by atoms with E-state index in [4.69, 9.17) is 0 Å². The Morgan fingerprint density at radius 3 is 1.74 bits per heavy atom. The maximum absolute atomic E-state index is 13.7. The van der Waals surface area contributed by atoms with E-state index in [1.165, 1.54) is 10.6 Å². The van der Waals surface area contributed by atoms with Gasteiger partial charge in [0.15, 0.2) is 5.54 Å². The summed E-state index contributed by atoms with van der Waals surface area (Å²) in [5.74, 6) is -0.198. The van der Waals surface area contributed by atoms with E-state index < -0.39 is 5.54 Å². The quantitative estimate of drug-likeness (QED) is 0.400. The molecule has 180 valence electrons. The lowest BCUT2D eigenvalue weighted by molar-refractivity contribution is -0.130. The number of anilines is 1. The summed E-state index contributed by atoms with van der Waals surface area (Å²) in [6.07, 6.45) is 1.74. The van der Waals surface area contributed by atoms with Gasteiger partial charge >= 0.3 is 6.03 Å². The molecule has 3 aromatic carbocycles. The molecule has 2 aliphatic heterocycles. The number of nitrogens with one attached hydrogen (secondary N) is 1. The third kappa shape index (κ3) is 4.66. The maximum Gasteiger partial charge on any atom is 0.325 e. The average molecular weight is 469 g/mol. The fourth-order valence-corrected chi connectivity index (χ4v) is 5.19. The van der Waals surface area contributed by atoms with Crippen molar-refractivity contribution in [2.45, 2.75) is 18.4 Å². The first-order valence-electron chi connectivity index (χ1n) is 12.5. The fraction of sp³-hybridized carbons (Fsp3) is 0.310. The minimum atomic E-state index is -1.17. The second-order valence-corrected chi connectivity index (χ2v) is 9.24. The van der Waals surface area contributed by atoms with Crippen LogP contribution in [-0.4, -0.2) is 61.0 Å². The molecular weight excluding hydrogens is 436 g/mol. The van der Waals surface area contributed by atoms with Gasteiger partial charge in [0.25, 0.3) is 5.91 Å². The lowest BCUT2D eigenvalue weighted by Gasteiger charge is -2.36. The predicted octanol–water partition coefficient (Wildman–Crippen LogP) is 4.08. The van der Waals surface area contributed by atoms with Crippen molar-refractivity contribution >= 4 is 17.6 Å². The van der Waals surface area contributed by atoms with E-state index in [-0.39, 0.29) is 11.9 Å². The lowest BCUT2D eigenvalue weighted by atomic mass is 9.82. The molecule has 0 unspecified atom stereocenters. The molecule has 2 saturated heterocycles. The third-order valence-electron chi connectivity index (χ3n) is 7.12. The van der Waals surface area contributed by atoms with Gasteiger partial charge in [-0.1, -0.05) is 78.9 Å². The molecule has 2 fully saturated rings. The molecule has 3 amide bonds. The SMILES string of the molecule is O=C1NC(c2ccccc2)(c2ccccc2)C(=O)N1CCCCN1CCN(c2ccccc2)CC1. The van der Waals surface area contributed by atoms with Gasteiger partial charge in [0, 0.05) is 38.4 Å². The van der Waals surface area contributed by atoms with Crippen molar-refractivity contribution in [1.82, 2.24) is 15.1 Å². The number of carbonyl (C=O) groups is 2. The highest BCUT2D eigenvalue weighted by molar-refractivity contribution is 6.09. The maximum atomic E-state index is 13.7. The summed E-state index contributed by atoms with van der Waals surface area (Å²) in [7, 11) is 0. The number of imide groups is 1.